The molecule has 7 nitrogen and oxygen atoms in total. The SMILES string of the molecule is O=C(Nn1c(O)cn(-c2ccccc2)c1=O)c1cc2cc(Cl)ccc2[nH]1. The zero-order valence-corrected chi connectivity index (χ0v) is 14.1. The number of H-pyrrole nitrogens is 1. The van der Waals surface area contributed by atoms with E-state index >= 15 is 0 Å². The second kappa shape index (κ2) is 6.12. The summed E-state index contributed by atoms with van der Waals surface area (Å²) in [6.07, 6.45) is 1.24. The number of aromatic amines is 1. The number of nitrogens with zero attached hydrogens (tertiary/aromatic N) is 2. The predicted octanol–water partition coefficient (Wildman–Crippen LogP) is 2.86. The van der Waals surface area contributed by atoms with E-state index < -0.39 is 11.6 Å². The van der Waals surface area contributed by atoms with Crippen LogP contribution >= 0.6 is 11.6 Å². The Morgan fingerprint density at radius 2 is 1.88 bits per heavy atom. The minimum atomic E-state index is -0.596. The fourth-order valence-electron chi connectivity index (χ4n) is 2.70. The zero-order chi connectivity index (χ0) is 18.3. The van der Waals surface area contributed by atoms with Crippen molar-refractivity contribution >= 4 is 28.4 Å². The van der Waals surface area contributed by atoms with Crippen molar-refractivity contribution in [1.82, 2.24) is 14.2 Å². The van der Waals surface area contributed by atoms with Crippen molar-refractivity contribution in [3.8, 4) is 11.6 Å². The van der Waals surface area contributed by atoms with E-state index in [9.17, 15) is 14.7 Å². The fourth-order valence-corrected chi connectivity index (χ4v) is 2.88. The number of halogens is 1. The van der Waals surface area contributed by atoms with Crippen LogP contribution in [0.5, 0.6) is 5.88 Å². The molecule has 0 aliphatic rings. The molecule has 1 amide bonds. The van der Waals surface area contributed by atoms with Gasteiger partial charge < -0.3 is 10.1 Å². The quantitative estimate of drug-likeness (QED) is 0.519. The Bertz CT molecular complexity index is 1170. The van der Waals surface area contributed by atoms with Gasteiger partial charge in [-0.15, -0.1) is 0 Å². The van der Waals surface area contributed by atoms with Gasteiger partial charge in [-0.3, -0.25) is 14.8 Å². The van der Waals surface area contributed by atoms with Crippen LogP contribution in [0.1, 0.15) is 10.5 Å². The highest BCUT2D eigenvalue weighted by molar-refractivity contribution is 6.31. The number of hydrogen-bond acceptors (Lipinski definition) is 3. The van der Waals surface area contributed by atoms with E-state index in [0.29, 0.717) is 10.7 Å². The fraction of sp³-hybridized carbons (Fsp3) is 0. The minimum Gasteiger partial charge on any atom is -0.492 e. The molecule has 0 radical (unpaired) electrons. The third-order valence-electron chi connectivity index (χ3n) is 3.95. The largest absolute Gasteiger partial charge is 0.492 e. The van der Waals surface area contributed by atoms with E-state index in [1.807, 2.05) is 6.07 Å². The first-order chi connectivity index (χ1) is 12.5. The second-order valence-electron chi connectivity index (χ2n) is 5.67. The van der Waals surface area contributed by atoms with Crippen LogP contribution in [0.4, 0.5) is 0 Å². The number of rotatable bonds is 3. The first kappa shape index (κ1) is 16.0. The van der Waals surface area contributed by atoms with Crippen molar-refractivity contribution in [2.24, 2.45) is 0 Å². The standard InChI is InChI=1S/C18H13ClN4O3/c19-12-6-7-14-11(8-12)9-15(20-14)17(25)21-23-16(24)10-22(18(23)26)13-4-2-1-3-5-13/h1-10,20,24H,(H,21,25). The zero-order valence-electron chi connectivity index (χ0n) is 13.3. The molecule has 0 aliphatic carbocycles. The molecule has 2 aromatic carbocycles. The van der Waals surface area contributed by atoms with Gasteiger partial charge in [0.2, 0.25) is 5.88 Å². The number of nitrogens with one attached hydrogen (secondary N) is 2. The molecule has 4 aromatic rings. The average molecular weight is 369 g/mol. The van der Waals surface area contributed by atoms with Crippen LogP contribution < -0.4 is 11.1 Å². The molecule has 0 unspecified atom stereocenters. The lowest BCUT2D eigenvalue weighted by Crippen LogP contribution is -2.33. The summed E-state index contributed by atoms with van der Waals surface area (Å²) < 4.78 is 2.02. The number of hydrogen-bond donors (Lipinski definition) is 3. The van der Waals surface area contributed by atoms with Crippen molar-refractivity contribution in [3.63, 3.8) is 0 Å². The highest BCUT2D eigenvalue weighted by Crippen LogP contribution is 2.20. The molecule has 0 spiro atoms. The van der Waals surface area contributed by atoms with E-state index in [1.54, 1.807) is 48.5 Å². The minimum absolute atomic E-state index is 0.237. The normalized spacial score (nSPS) is 11.0. The molecule has 2 heterocycles. The number of fused-ring (bicyclic) bond motifs is 1. The van der Waals surface area contributed by atoms with Gasteiger partial charge in [-0.25, -0.2) is 4.79 Å². The number of amides is 1. The van der Waals surface area contributed by atoms with Crippen LogP contribution in [0.2, 0.25) is 5.02 Å². The summed E-state index contributed by atoms with van der Waals surface area (Å²) in [5.74, 6) is -0.952. The third kappa shape index (κ3) is 2.74. The first-order valence-electron chi connectivity index (χ1n) is 7.71. The number of aromatic nitrogens is 3. The van der Waals surface area contributed by atoms with Gasteiger partial charge in [0.25, 0.3) is 5.91 Å². The van der Waals surface area contributed by atoms with Gasteiger partial charge in [-0.05, 0) is 36.4 Å². The van der Waals surface area contributed by atoms with Gasteiger partial charge >= 0.3 is 5.69 Å². The highest BCUT2D eigenvalue weighted by atomic mass is 35.5. The molecule has 3 N–H and O–H groups in total. The number of benzene rings is 2. The van der Waals surface area contributed by atoms with Crippen LogP contribution in [0.25, 0.3) is 16.6 Å². The van der Waals surface area contributed by atoms with Crippen LogP contribution in [0.3, 0.4) is 0 Å². The van der Waals surface area contributed by atoms with E-state index in [4.69, 9.17) is 11.6 Å². The van der Waals surface area contributed by atoms with E-state index in [2.05, 4.69) is 10.4 Å². The van der Waals surface area contributed by atoms with Crippen LogP contribution in [0.15, 0.2) is 65.6 Å². The Morgan fingerprint density at radius 1 is 1.12 bits per heavy atom. The summed E-state index contributed by atoms with van der Waals surface area (Å²) in [5.41, 5.74) is 3.34. The van der Waals surface area contributed by atoms with Crippen molar-refractivity contribution < 1.29 is 9.90 Å². The molecular weight excluding hydrogens is 356 g/mol. The smallest absolute Gasteiger partial charge is 0.355 e. The lowest BCUT2D eigenvalue weighted by Gasteiger charge is -2.04. The van der Waals surface area contributed by atoms with Crippen LogP contribution in [-0.4, -0.2) is 25.2 Å². The Morgan fingerprint density at radius 3 is 2.65 bits per heavy atom. The average Bonchev–Trinajstić information content (AvgIpc) is 3.18. The van der Waals surface area contributed by atoms with E-state index in [-0.39, 0.29) is 11.6 Å². The van der Waals surface area contributed by atoms with Crippen molar-refractivity contribution in [1.29, 1.82) is 0 Å². The monoisotopic (exact) mass is 368 g/mol. The number of carbonyl (C=O) groups is 1. The summed E-state index contributed by atoms with van der Waals surface area (Å²) in [5, 5.41) is 11.4. The summed E-state index contributed by atoms with van der Waals surface area (Å²) in [6, 6.07) is 15.6. The molecule has 0 fully saturated rings. The van der Waals surface area contributed by atoms with Gasteiger partial charge in [0, 0.05) is 15.9 Å². The maximum atomic E-state index is 12.5. The summed E-state index contributed by atoms with van der Waals surface area (Å²) in [6.45, 7) is 0. The predicted molar refractivity (Wildman–Crippen MR) is 98.7 cm³/mol. The van der Waals surface area contributed by atoms with E-state index in [0.717, 1.165) is 15.6 Å². The third-order valence-corrected chi connectivity index (χ3v) is 4.18. The number of imidazole rings is 1. The van der Waals surface area contributed by atoms with Crippen molar-refractivity contribution in [3.05, 3.63) is 82.0 Å². The van der Waals surface area contributed by atoms with Gasteiger partial charge in [0.15, 0.2) is 0 Å². The van der Waals surface area contributed by atoms with Crippen LogP contribution in [-0.2, 0) is 0 Å². The molecule has 0 aliphatic heterocycles. The number of aromatic hydroxyl groups is 1. The molecule has 8 heteroatoms. The van der Waals surface area contributed by atoms with Gasteiger partial charge in [0.1, 0.15) is 5.69 Å². The molecule has 0 atom stereocenters. The van der Waals surface area contributed by atoms with Gasteiger partial charge in [-0.1, -0.05) is 29.8 Å². The molecule has 4 rings (SSSR count). The van der Waals surface area contributed by atoms with Crippen LogP contribution in [0, 0.1) is 0 Å². The lowest BCUT2D eigenvalue weighted by atomic mass is 10.2. The molecule has 26 heavy (non-hydrogen) atoms. The maximum absolute atomic E-state index is 12.5. The molecule has 130 valence electrons. The summed E-state index contributed by atoms with van der Waals surface area (Å²) in [4.78, 5) is 27.9. The topological polar surface area (TPSA) is 92.1 Å². The number of para-hydroxylation sites is 1. The molecular formula is C18H13ClN4O3. The Hall–Kier alpha value is -3.45. The molecule has 0 saturated heterocycles. The number of carbonyl (C=O) groups excluding carboxylic acids is 1. The molecule has 0 bridgehead atoms. The van der Waals surface area contributed by atoms with Crippen molar-refractivity contribution in [2.45, 2.75) is 0 Å². The second-order valence-corrected chi connectivity index (χ2v) is 6.10. The maximum Gasteiger partial charge on any atom is 0.355 e. The Balaban J connectivity index is 1.67. The van der Waals surface area contributed by atoms with Gasteiger partial charge in [-0.2, -0.15) is 4.68 Å². The summed E-state index contributed by atoms with van der Waals surface area (Å²) in [7, 11) is 0. The highest BCUT2D eigenvalue weighted by Gasteiger charge is 2.16. The van der Waals surface area contributed by atoms with E-state index in [1.165, 1.54) is 10.8 Å². The molecule has 0 saturated carbocycles. The lowest BCUT2D eigenvalue weighted by molar-refractivity contribution is 0.100. The van der Waals surface area contributed by atoms with Crippen molar-refractivity contribution in [2.75, 3.05) is 5.43 Å². The van der Waals surface area contributed by atoms with Gasteiger partial charge in [0.05, 0.1) is 11.9 Å². The Kier molecular flexibility index (Phi) is 3.78. The molecule has 2 aromatic heterocycles. The first-order valence-corrected chi connectivity index (χ1v) is 8.09. The Labute approximate surface area is 152 Å². The summed E-state index contributed by atoms with van der Waals surface area (Å²) >= 11 is 5.94.